The van der Waals surface area contributed by atoms with Gasteiger partial charge in [0, 0.05) is 31.3 Å². The molecule has 310 valence electrons. The molecular weight excluding hydrogens is 746 g/mol. The van der Waals surface area contributed by atoms with Gasteiger partial charge < -0.3 is 16.0 Å². The summed E-state index contributed by atoms with van der Waals surface area (Å²) in [5.41, 5.74) is 3.35. The number of carbonyl (C=O) groups is 7. The standard InChI is InChI=1S/C15H18N4O2.C13H13FN2O3.C11H11NO2.2C2H6/c1-10-6-7-12(14(20)17-10)18-15(21)19-9-3-5-11-4-2-8-16-13(11)19;1-7-2-3-8(9(14)6-7)12(18)15-10-4-5-11(17)16-13(10)19;13-10-7-6-9(11(14)12-10)8-4-2-1-3-5-8;2*1-2/h2,4,8,12H,1,3,5-7,9H2,(H,17,20)(H,18,21);2-3,6,10H,4-5H2,1H3,(H,15,18)(H,16,17,19);1-5,9H,6-7H2,(H,12,13,14);2*1-2H3. The number of anilines is 1. The van der Waals surface area contributed by atoms with Crippen molar-refractivity contribution in [3.05, 3.63) is 107 Å². The van der Waals surface area contributed by atoms with Crippen LogP contribution in [0.3, 0.4) is 0 Å². The van der Waals surface area contributed by atoms with Crippen LogP contribution in [0.4, 0.5) is 15.0 Å². The molecule has 14 nitrogen and oxygen atoms in total. The molecule has 8 amide bonds. The van der Waals surface area contributed by atoms with E-state index in [9.17, 15) is 38.0 Å². The Balaban J connectivity index is 0.000000227. The lowest BCUT2D eigenvalue weighted by molar-refractivity contribution is -0.136. The van der Waals surface area contributed by atoms with Crippen molar-refractivity contribution in [2.24, 2.45) is 0 Å². The molecule has 0 saturated carbocycles. The molecule has 0 bridgehead atoms. The van der Waals surface area contributed by atoms with E-state index in [1.54, 1.807) is 24.1 Å². The zero-order valence-electron chi connectivity index (χ0n) is 33.8. The Morgan fingerprint density at radius 1 is 0.759 bits per heavy atom. The first-order valence-electron chi connectivity index (χ1n) is 19.7. The fourth-order valence-corrected chi connectivity index (χ4v) is 6.31. The molecule has 15 heteroatoms. The number of carbonyl (C=O) groups excluding carboxylic acids is 7. The number of rotatable bonds is 4. The number of pyridine rings is 1. The van der Waals surface area contributed by atoms with E-state index in [0.29, 0.717) is 49.3 Å². The average molecular weight is 800 g/mol. The number of benzene rings is 2. The van der Waals surface area contributed by atoms with Gasteiger partial charge in [0.1, 0.15) is 23.7 Å². The Hall–Kier alpha value is -6.25. The molecular formula is C43H54FN7O7. The van der Waals surface area contributed by atoms with Gasteiger partial charge in [0.25, 0.3) is 5.91 Å². The second kappa shape index (κ2) is 23.1. The van der Waals surface area contributed by atoms with Crippen LogP contribution in [0.5, 0.6) is 0 Å². The Morgan fingerprint density at radius 2 is 1.38 bits per heavy atom. The van der Waals surface area contributed by atoms with E-state index in [1.165, 1.54) is 12.1 Å². The number of allylic oxidation sites excluding steroid dienone is 1. The minimum Gasteiger partial charge on any atom is -0.340 e. The topological polar surface area (TPSA) is 196 Å². The van der Waals surface area contributed by atoms with Gasteiger partial charge in [-0.15, -0.1) is 0 Å². The van der Waals surface area contributed by atoms with Crippen LogP contribution >= 0.6 is 0 Å². The highest BCUT2D eigenvalue weighted by molar-refractivity contribution is 6.04. The average Bonchev–Trinajstić information content (AvgIpc) is 3.22. The predicted octanol–water partition coefficient (Wildman–Crippen LogP) is 5.26. The van der Waals surface area contributed by atoms with Gasteiger partial charge in [-0.25, -0.2) is 14.2 Å². The second-order valence-corrected chi connectivity index (χ2v) is 13.2. The van der Waals surface area contributed by atoms with E-state index in [4.69, 9.17) is 0 Å². The van der Waals surface area contributed by atoms with Crippen LogP contribution in [-0.4, -0.2) is 65.1 Å². The zero-order valence-corrected chi connectivity index (χ0v) is 33.8. The molecule has 0 aliphatic carbocycles. The quantitative estimate of drug-likeness (QED) is 0.220. The van der Waals surface area contributed by atoms with Gasteiger partial charge >= 0.3 is 6.03 Å². The molecule has 3 saturated heterocycles. The molecule has 1 aromatic heterocycles. The van der Waals surface area contributed by atoms with Gasteiger partial charge in [-0.3, -0.25) is 44.3 Å². The third kappa shape index (κ3) is 13.2. The summed E-state index contributed by atoms with van der Waals surface area (Å²) in [6.07, 6.45) is 6.22. The third-order valence-electron chi connectivity index (χ3n) is 9.20. The van der Waals surface area contributed by atoms with Crippen LogP contribution in [0.15, 0.2) is 79.1 Å². The maximum absolute atomic E-state index is 13.6. The number of fused-ring (bicyclic) bond motifs is 1. The molecule has 5 heterocycles. The van der Waals surface area contributed by atoms with Gasteiger partial charge in [-0.1, -0.05) is 76.7 Å². The van der Waals surface area contributed by atoms with Crippen molar-refractivity contribution in [1.82, 2.24) is 31.6 Å². The number of nitrogens with one attached hydrogen (secondary N) is 5. The Labute approximate surface area is 338 Å². The van der Waals surface area contributed by atoms with E-state index >= 15 is 0 Å². The highest BCUT2D eigenvalue weighted by Crippen LogP contribution is 2.25. The normalized spacial score (nSPS) is 19.5. The number of urea groups is 1. The minimum atomic E-state index is -0.800. The van der Waals surface area contributed by atoms with E-state index in [1.807, 2.05) is 70.2 Å². The molecule has 0 spiro atoms. The number of hydrogen-bond acceptors (Lipinski definition) is 8. The van der Waals surface area contributed by atoms with Crippen molar-refractivity contribution < 1.29 is 38.0 Å². The number of aryl methyl sites for hydroxylation is 2. The molecule has 3 atom stereocenters. The number of amides is 8. The van der Waals surface area contributed by atoms with Crippen LogP contribution < -0.4 is 31.5 Å². The molecule has 58 heavy (non-hydrogen) atoms. The number of piperidine rings is 3. The number of nitrogens with zero attached hydrogens (tertiary/aromatic N) is 2. The van der Waals surface area contributed by atoms with Gasteiger partial charge in [0.15, 0.2) is 0 Å². The van der Waals surface area contributed by atoms with Crippen LogP contribution in [0.1, 0.15) is 106 Å². The van der Waals surface area contributed by atoms with E-state index in [2.05, 4.69) is 38.1 Å². The molecule has 4 aliphatic rings. The fraction of sp³-hybridized carbons (Fsp3) is 0.395. The summed E-state index contributed by atoms with van der Waals surface area (Å²) in [6, 6.07) is 16.1. The van der Waals surface area contributed by atoms with Crippen LogP contribution in [-0.2, 0) is 30.4 Å². The highest BCUT2D eigenvalue weighted by atomic mass is 19.1. The van der Waals surface area contributed by atoms with Gasteiger partial charge in [0.05, 0.1) is 11.5 Å². The van der Waals surface area contributed by atoms with Crippen molar-refractivity contribution in [3.8, 4) is 0 Å². The summed E-state index contributed by atoms with van der Waals surface area (Å²) in [5.74, 6) is -2.21. The summed E-state index contributed by atoms with van der Waals surface area (Å²) in [6.45, 7) is 14.1. The smallest absolute Gasteiger partial charge is 0.323 e. The molecule has 4 aliphatic heterocycles. The van der Waals surface area contributed by atoms with E-state index in [0.717, 1.165) is 24.0 Å². The summed E-state index contributed by atoms with van der Waals surface area (Å²) in [7, 11) is 0. The van der Waals surface area contributed by atoms with Crippen LogP contribution in [0.2, 0.25) is 0 Å². The number of halogens is 1. The minimum absolute atomic E-state index is 0.115. The third-order valence-corrected chi connectivity index (χ3v) is 9.20. The molecule has 0 radical (unpaired) electrons. The zero-order chi connectivity index (χ0) is 42.8. The molecule has 3 aromatic rings. The van der Waals surface area contributed by atoms with Crippen LogP contribution in [0, 0.1) is 12.7 Å². The maximum atomic E-state index is 13.6. The summed E-state index contributed by atoms with van der Waals surface area (Å²) < 4.78 is 13.6. The highest BCUT2D eigenvalue weighted by Gasteiger charge is 2.31. The largest absolute Gasteiger partial charge is 0.340 e. The fourth-order valence-electron chi connectivity index (χ4n) is 6.31. The SMILES string of the molecule is C=C1CCC(NC(=O)N2CCCc3cccnc32)C(=O)N1.CC.CC.Cc1ccc(C(=O)NC2CCC(=O)NC2=O)c(F)c1.O=C1CCC(c2ccccc2)C(=O)N1. The monoisotopic (exact) mass is 799 g/mol. The summed E-state index contributed by atoms with van der Waals surface area (Å²) in [4.78, 5) is 86.9. The summed E-state index contributed by atoms with van der Waals surface area (Å²) >= 11 is 0. The Kier molecular flexibility index (Phi) is 18.4. The molecule has 3 unspecified atom stereocenters. The first-order valence-corrected chi connectivity index (χ1v) is 19.7. The molecule has 3 fully saturated rings. The number of aromatic nitrogens is 1. The first kappa shape index (κ1) is 46.1. The van der Waals surface area contributed by atoms with Gasteiger partial charge in [0.2, 0.25) is 29.5 Å². The molecule has 5 N–H and O–H groups in total. The second-order valence-electron chi connectivity index (χ2n) is 13.2. The van der Waals surface area contributed by atoms with Crippen molar-refractivity contribution in [3.63, 3.8) is 0 Å². The lowest BCUT2D eigenvalue weighted by Crippen LogP contribution is -2.54. The lowest BCUT2D eigenvalue weighted by Gasteiger charge is -2.31. The first-order chi connectivity index (χ1) is 27.9. The van der Waals surface area contributed by atoms with Crippen LogP contribution in [0.25, 0.3) is 0 Å². The Morgan fingerprint density at radius 3 is 2.02 bits per heavy atom. The Bertz CT molecular complexity index is 1960. The van der Waals surface area contributed by atoms with Crippen molar-refractivity contribution in [2.75, 3.05) is 11.4 Å². The molecule has 2 aromatic carbocycles. The van der Waals surface area contributed by atoms with Crippen molar-refractivity contribution >= 4 is 47.3 Å². The van der Waals surface area contributed by atoms with E-state index in [-0.39, 0.29) is 54.0 Å². The summed E-state index contributed by atoms with van der Waals surface area (Å²) in [5, 5.41) is 12.4. The lowest BCUT2D eigenvalue weighted by atomic mass is 9.91. The van der Waals surface area contributed by atoms with Crippen molar-refractivity contribution in [2.45, 2.75) is 104 Å². The predicted molar refractivity (Wildman–Crippen MR) is 218 cm³/mol. The maximum Gasteiger partial charge on any atom is 0.323 e. The van der Waals surface area contributed by atoms with Gasteiger partial charge in [-0.05, 0) is 80.3 Å². The van der Waals surface area contributed by atoms with E-state index < -0.39 is 29.7 Å². The van der Waals surface area contributed by atoms with Crippen molar-refractivity contribution in [1.29, 1.82) is 0 Å². The number of hydrogen-bond donors (Lipinski definition) is 5. The van der Waals surface area contributed by atoms with Gasteiger partial charge in [-0.2, -0.15) is 0 Å². The number of imide groups is 2. The molecule has 7 rings (SSSR count).